The number of methoxy groups -OCH3 is 3. The van der Waals surface area contributed by atoms with E-state index in [4.69, 9.17) is 28.4 Å². The van der Waals surface area contributed by atoms with Gasteiger partial charge in [-0.2, -0.15) is 0 Å². The predicted molar refractivity (Wildman–Crippen MR) is 118 cm³/mol. The molecule has 0 aliphatic rings. The first-order valence-corrected chi connectivity index (χ1v) is 9.73. The van der Waals surface area contributed by atoms with Crippen molar-refractivity contribution >= 4 is 11.6 Å². The molecule has 172 valence electrons. The maximum atomic E-state index is 13.2. The lowest BCUT2D eigenvalue weighted by molar-refractivity contribution is 0.0497. The van der Waals surface area contributed by atoms with Gasteiger partial charge in [0.1, 0.15) is 28.6 Å². The number of hydrogen-bond donors (Lipinski definition) is 0. The molecule has 2 aromatic rings. The Balaban J connectivity index is 2.46. The number of benzene rings is 2. The molecule has 0 heterocycles. The van der Waals surface area contributed by atoms with E-state index in [2.05, 4.69) is 6.58 Å². The molecule has 0 spiro atoms. The minimum absolute atomic E-state index is 0.0164. The quantitative estimate of drug-likeness (QED) is 0.198. The SMILES string of the molecule is C=CC(C)(C)Oc1cc(OCOC)ccc1C(=O)C(=O)c1ccc(OC)cc1OCOC. The van der Waals surface area contributed by atoms with Crippen LogP contribution in [0.2, 0.25) is 0 Å². The molecule has 2 rings (SSSR count). The van der Waals surface area contributed by atoms with Gasteiger partial charge in [0.05, 0.1) is 18.2 Å². The largest absolute Gasteiger partial charge is 0.497 e. The Morgan fingerprint density at radius 2 is 1.38 bits per heavy atom. The van der Waals surface area contributed by atoms with Crippen LogP contribution in [0.4, 0.5) is 0 Å². The number of rotatable bonds is 13. The van der Waals surface area contributed by atoms with Gasteiger partial charge >= 0.3 is 0 Å². The first-order chi connectivity index (χ1) is 15.3. The highest BCUT2D eigenvalue weighted by Gasteiger charge is 2.27. The molecule has 0 radical (unpaired) electrons. The monoisotopic (exact) mass is 444 g/mol. The molecule has 0 saturated carbocycles. The van der Waals surface area contributed by atoms with Gasteiger partial charge in [0.15, 0.2) is 13.6 Å². The molecule has 0 N–H and O–H groups in total. The van der Waals surface area contributed by atoms with Gasteiger partial charge < -0.3 is 28.4 Å². The summed E-state index contributed by atoms with van der Waals surface area (Å²) in [6.45, 7) is 7.21. The Bertz CT molecular complexity index is 964. The van der Waals surface area contributed by atoms with Crippen molar-refractivity contribution in [1.29, 1.82) is 0 Å². The van der Waals surface area contributed by atoms with E-state index in [1.807, 2.05) is 0 Å². The second-order valence-electron chi connectivity index (χ2n) is 7.19. The molecule has 2 aromatic carbocycles. The Morgan fingerprint density at radius 3 is 1.94 bits per heavy atom. The van der Waals surface area contributed by atoms with E-state index in [-0.39, 0.29) is 36.2 Å². The summed E-state index contributed by atoms with van der Waals surface area (Å²) in [5, 5.41) is 0. The van der Waals surface area contributed by atoms with E-state index in [1.165, 1.54) is 45.6 Å². The second-order valence-corrected chi connectivity index (χ2v) is 7.19. The molecular weight excluding hydrogens is 416 g/mol. The molecule has 32 heavy (non-hydrogen) atoms. The fourth-order valence-electron chi connectivity index (χ4n) is 2.62. The van der Waals surface area contributed by atoms with Crippen molar-refractivity contribution in [2.24, 2.45) is 0 Å². The van der Waals surface area contributed by atoms with Crippen molar-refractivity contribution in [3.05, 3.63) is 60.2 Å². The first kappa shape index (κ1) is 24.9. The van der Waals surface area contributed by atoms with Gasteiger partial charge in [0.2, 0.25) is 11.6 Å². The summed E-state index contributed by atoms with van der Waals surface area (Å²) in [5.74, 6) is -0.319. The summed E-state index contributed by atoms with van der Waals surface area (Å²) >= 11 is 0. The van der Waals surface area contributed by atoms with Crippen LogP contribution in [0.3, 0.4) is 0 Å². The first-order valence-electron chi connectivity index (χ1n) is 9.73. The number of ketones is 2. The van der Waals surface area contributed by atoms with Crippen molar-refractivity contribution in [1.82, 2.24) is 0 Å². The van der Waals surface area contributed by atoms with Crippen LogP contribution in [0, 0.1) is 0 Å². The molecule has 0 aromatic heterocycles. The highest BCUT2D eigenvalue weighted by molar-refractivity contribution is 6.50. The minimum Gasteiger partial charge on any atom is -0.497 e. The van der Waals surface area contributed by atoms with E-state index >= 15 is 0 Å². The van der Waals surface area contributed by atoms with Crippen LogP contribution in [0.1, 0.15) is 34.6 Å². The zero-order valence-electron chi connectivity index (χ0n) is 18.9. The van der Waals surface area contributed by atoms with Crippen LogP contribution in [0.5, 0.6) is 23.0 Å². The normalized spacial score (nSPS) is 10.9. The molecule has 8 nitrogen and oxygen atoms in total. The smallest absolute Gasteiger partial charge is 0.237 e. The Morgan fingerprint density at radius 1 is 0.844 bits per heavy atom. The summed E-state index contributed by atoms with van der Waals surface area (Å²) in [4.78, 5) is 26.3. The third-order valence-corrected chi connectivity index (χ3v) is 4.38. The van der Waals surface area contributed by atoms with Gasteiger partial charge in [0, 0.05) is 26.4 Å². The highest BCUT2D eigenvalue weighted by Crippen LogP contribution is 2.32. The van der Waals surface area contributed by atoms with Crippen LogP contribution in [-0.2, 0) is 9.47 Å². The van der Waals surface area contributed by atoms with Gasteiger partial charge in [-0.15, -0.1) is 0 Å². The average molecular weight is 444 g/mol. The third kappa shape index (κ3) is 6.32. The Kier molecular flexibility index (Phi) is 8.80. The van der Waals surface area contributed by atoms with E-state index in [1.54, 1.807) is 32.1 Å². The second kappa shape index (κ2) is 11.3. The summed E-state index contributed by atoms with van der Waals surface area (Å²) in [7, 11) is 4.43. The Hall–Kier alpha value is -3.36. The van der Waals surface area contributed by atoms with Crippen LogP contribution in [0.25, 0.3) is 0 Å². The lowest BCUT2D eigenvalue weighted by Gasteiger charge is -2.24. The molecular formula is C24H28O8. The Labute approximate surface area is 187 Å². The van der Waals surface area contributed by atoms with Gasteiger partial charge in [-0.05, 0) is 44.2 Å². The number of hydrogen-bond acceptors (Lipinski definition) is 8. The van der Waals surface area contributed by atoms with Crippen LogP contribution < -0.4 is 18.9 Å². The van der Waals surface area contributed by atoms with Crippen LogP contribution >= 0.6 is 0 Å². The van der Waals surface area contributed by atoms with Crippen molar-refractivity contribution in [3.8, 4) is 23.0 Å². The molecule has 0 amide bonds. The molecule has 0 saturated heterocycles. The van der Waals surface area contributed by atoms with Gasteiger partial charge in [-0.1, -0.05) is 6.58 Å². The van der Waals surface area contributed by atoms with Gasteiger partial charge in [0.25, 0.3) is 0 Å². The summed E-state index contributed by atoms with van der Waals surface area (Å²) in [6.07, 6.45) is 1.59. The van der Waals surface area contributed by atoms with Crippen LogP contribution in [0.15, 0.2) is 49.1 Å². The van der Waals surface area contributed by atoms with E-state index in [0.717, 1.165) is 0 Å². The lowest BCUT2D eigenvalue weighted by atomic mass is 9.99. The average Bonchev–Trinajstić information content (AvgIpc) is 2.80. The summed E-state index contributed by atoms with van der Waals surface area (Å²) in [5.41, 5.74) is -0.658. The molecule has 0 aliphatic heterocycles. The minimum atomic E-state index is -0.801. The van der Waals surface area contributed by atoms with Gasteiger partial charge in [-0.3, -0.25) is 9.59 Å². The number of ether oxygens (including phenoxy) is 6. The molecule has 0 unspecified atom stereocenters. The predicted octanol–water partition coefficient (Wildman–Crippen LogP) is 4.07. The molecule has 8 heteroatoms. The van der Waals surface area contributed by atoms with E-state index < -0.39 is 17.2 Å². The molecule has 0 atom stereocenters. The molecule has 0 fully saturated rings. The van der Waals surface area contributed by atoms with Gasteiger partial charge in [-0.25, -0.2) is 0 Å². The third-order valence-electron chi connectivity index (χ3n) is 4.38. The number of Topliss-reactive ketones (excluding diaryl/α,β-unsaturated/α-hetero) is 2. The standard InChI is InChI=1S/C24H28O8/c1-7-24(2,3)32-21-13-17(30-14-27-4)9-11-19(21)23(26)22(25)18-10-8-16(29-6)12-20(18)31-15-28-5/h7-13H,1,14-15H2,2-6H3. The maximum Gasteiger partial charge on any atom is 0.237 e. The van der Waals surface area contributed by atoms with Crippen LogP contribution in [-0.4, -0.2) is 52.1 Å². The fourth-order valence-corrected chi connectivity index (χ4v) is 2.62. The fraction of sp³-hybridized carbons (Fsp3) is 0.333. The van der Waals surface area contributed by atoms with Crippen molar-refractivity contribution in [3.63, 3.8) is 0 Å². The maximum absolute atomic E-state index is 13.2. The lowest BCUT2D eigenvalue weighted by Crippen LogP contribution is -2.26. The van der Waals surface area contributed by atoms with Crippen molar-refractivity contribution in [2.45, 2.75) is 19.4 Å². The molecule has 0 aliphatic carbocycles. The van der Waals surface area contributed by atoms with Crippen molar-refractivity contribution in [2.75, 3.05) is 34.9 Å². The highest BCUT2D eigenvalue weighted by atomic mass is 16.7. The van der Waals surface area contributed by atoms with E-state index in [9.17, 15) is 9.59 Å². The van der Waals surface area contributed by atoms with Crippen molar-refractivity contribution < 1.29 is 38.0 Å². The summed E-state index contributed by atoms with van der Waals surface area (Å²) < 4.78 is 31.9. The number of carbonyl (C=O) groups excluding carboxylic acids is 2. The zero-order valence-corrected chi connectivity index (χ0v) is 18.9. The topological polar surface area (TPSA) is 89.5 Å². The summed E-state index contributed by atoms with van der Waals surface area (Å²) in [6, 6.07) is 9.11. The number of carbonyl (C=O) groups is 2. The van der Waals surface area contributed by atoms with E-state index in [0.29, 0.717) is 11.5 Å². The zero-order chi connectivity index (χ0) is 23.7. The molecule has 0 bridgehead atoms.